The molecule has 0 N–H and O–H groups in total. The van der Waals surface area contributed by atoms with Crippen LogP contribution in [0.1, 0.15) is 18.4 Å². The number of fused-ring (bicyclic) bond motifs is 1. The van der Waals surface area contributed by atoms with Gasteiger partial charge in [0.15, 0.2) is 0 Å². The standard InChI is InChI=1S/C16H20N2O2S/c19-15-7-6-13-11-17(8-9-18(13)15)16(20)14(21)10-12-4-2-1-3-5-12/h1-5,13-14,21H,6-11H2. The molecule has 0 aliphatic carbocycles. The number of nitrogens with zero attached hydrogens (tertiary/aromatic N) is 2. The van der Waals surface area contributed by atoms with Crippen molar-refractivity contribution in [1.29, 1.82) is 0 Å². The lowest BCUT2D eigenvalue weighted by molar-refractivity contribution is -0.138. The van der Waals surface area contributed by atoms with Gasteiger partial charge < -0.3 is 9.80 Å². The number of benzene rings is 1. The minimum Gasteiger partial charge on any atom is -0.338 e. The SMILES string of the molecule is O=C(C(S)Cc1ccccc1)N1CCN2C(=O)CCC2C1. The van der Waals surface area contributed by atoms with Crippen molar-refractivity contribution in [1.82, 2.24) is 9.80 Å². The zero-order valence-corrected chi connectivity index (χ0v) is 12.8. The lowest BCUT2D eigenvalue weighted by Gasteiger charge is -2.38. The predicted octanol–water partition coefficient (Wildman–Crippen LogP) is 1.36. The summed E-state index contributed by atoms with van der Waals surface area (Å²) >= 11 is 4.49. The van der Waals surface area contributed by atoms with E-state index in [0.29, 0.717) is 32.5 Å². The van der Waals surface area contributed by atoms with Gasteiger partial charge in [-0.3, -0.25) is 9.59 Å². The highest BCUT2D eigenvalue weighted by Crippen LogP contribution is 2.24. The van der Waals surface area contributed by atoms with Crippen LogP contribution in [0.5, 0.6) is 0 Å². The highest BCUT2D eigenvalue weighted by atomic mass is 32.1. The summed E-state index contributed by atoms with van der Waals surface area (Å²) in [4.78, 5) is 28.0. The van der Waals surface area contributed by atoms with Crippen LogP contribution >= 0.6 is 12.6 Å². The molecule has 0 bridgehead atoms. The first kappa shape index (κ1) is 14.4. The molecule has 2 unspecified atom stereocenters. The summed E-state index contributed by atoms with van der Waals surface area (Å²) in [7, 11) is 0. The van der Waals surface area contributed by atoms with Gasteiger partial charge in [0.2, 0.25) is 11.8 Å². The van der Waals surface area contributed by atoms with Gasteiger partial charge in [-0.1, -0.05) is 30.3 Å². The molecular formula is C16H20N2O2S. The molecule has 21 heavy (non-hydrogen) atoms. The first-order valence-electron chi connectivity index (χ1n) is 7.45. The molecule has 2 saturated heterocycles. The van der Waals surface area contributed by atoms with Gasteiger partial charge in [0.1, 0.15) is 0 Å². The number of amides is 2. The van der Waals surface area contributed by atoms with Crippen molar-refractivity contribution in [2.45, 2.75) is 30.6 Å². The van der Waals surface area contributed by atoms with Gasteiger partial charge in [0, 0.05) is 32.1 Å². The zero-order chi connectivity index (χ0) is 14.8. The van der Waals surface area contributed by atoms with Crippen LogP contribution in [0.4, 0.5) is 0 Å². The summed E-state index contributed by atoms with van der Waals surface area (Å²) in [5.41, 5.74) is 1.13. The molecule has 4 nitrogen and oxygen atoms in total. The highest BCUT2D eigenvalue weighted by Gasteiger charge is 2.37. The third-order valence-corrected chi connectivity index (χ3v) is 4.77. The van der Waals surface area contributed by atoms with E-state index in [0.717, 1.165) is 12.0 Å². The van der Waals surface area contributed by atoms with Crippen molar-refractivity contribution in [2.75, 3.05) is 19.6 Å². The second-order valence-electron chi connectivity index (χ2n) is 5.77. The quantitative estimate of drug-likeness (QED) is 0.857. The topological polar surface area (TPSA) is 40.6 Å². The molecule has 112 valence electrons. The Labute approximate surface area is 130 Å². The molecule has 5 heteroatoms. The Morgan fingerprint density at radius 1 is 1.29 bits per heavy atom. The van der Waals surface area contributed by atoms with Crippen molar-refractivity contribution in [3.8, 4) is 0 Å². The van der Waals surface area contributed by atoms with Crippen molar-refractivity contribution >= 4 is 24.4 Å². The van der Waals surface area contributed by atoms with Gasteiger partial charge in [-0.2, -0.15) is 12.6 Å². The third kappa shape index (κ3) is 3.07. The van der Waals surface area contributed by atoms with Crippen LogP contribution < -0.4 is 0 Å². The first-order valence-corrected chi connectivity index (χ1v) is 7.97. The Morgan fingerprint density at radius 3 is 2.81 bits per heavy atom. The molecule has 0 saturated carbocycles. The molecule has 2 heterocycles. The summed E-state index contributed by atoms with van der Waals surface area (Å²) in [6, 6.07) is 10.2. The van der Waals surface area contributed by atoms with E-state index >= 15 is 0 Å². The number of hydrogen-bond donors (Lipinski definition) is 1. The van der Waals surface area contributed by atoms with Crippen LogP contribution in [0, 0.1) is 0 Å². The smallest absolute Gasteiger partial charge is 0.235 e. The van der Waals surface area contributed by atoms with E-state index in [1.54, 1.807) is 0 Å². The van der Waals surface area contributed by atoms with Crippen LogP contribution in [0.3, 0.4) is 0 Å². The molecule has 0 radical (unpaired) electrons. The Morgan fingerprint density at radius 2 is 2.05 bits per heavy atom. The van der Waals surface area contributed by atoms with Crippen LogP contribution in [0.2, 0.25) is 0 Å². The lowest BCUT2D eigenvalue weighted by atomic mass is 10.1. The van der Waals surface area contributed by atoms with E-state index < -0.39 is 0 Å². The van der Waals surface area contributed by atoms with E-state index in [4.69, 9.17) is 0 Å². The first-order chi connectivity index (χ1) is 10.1. The van der Waals surface area contributed by atoms with Gasteiger partial charge >= 0.3 is 0 Å². The van der Waals surface area contributed by atoms with Crippen molar-refractivity contribution < 1.29 is 9.59 Å². The molecule has 1 aromatic carbocycles. The average Bonchev–Trinajstić information content (AvgIpc) is 2.88. The van der Waals surface area contributed by atoms with Crippen molar-refractivity contribution in [3.63, 3.8) is 0 Å². The van der Waals surface area contributed by atoms with Gasteiger partial charge in [-0.25, -0.2) is 0 Å². The molecule has 0 aromatic heterocycles. The minimum absolute atomic E-state index is 0.0844. The van der Waals surface area contributed by atoms with Crippen LogP contribution in [-0.2, 0) is 16.0 Å². The summed E-state index contributed by atoms with van der Waals surface area (Å²) in [6.45, 7) is 1.96. The Hall–Kier alpha value is -1.49. The maximum atomic E-state index is 12.5. The maximum absolute atomic E-state index is 12.5. The lowest BCUT2D eigenvalue weighted by Crippen LogP contribution is -2.54. The molecule has 2 aliphatic rings. The maximum Gasteiger partial charge on any atom is 0.235 e. The number of rotatable bonds is 3. The van der Waals surface area contributed by atoms with Crippen LogP contribution in [0.25, 0.3) is 0 Å². The second-order valence-corrected chi connectivity index (χ2v) is 6.39. The van der Waals surface area contributed by atoms with E-state index in [2.05, 4.69) is 12.6 Å². The van der Waals surface area contributed by atoms with Gasteiger partial charge in [-0.15, -0.1) is 0 Å². The number of thiol groups is 1. The summed E-state index contributed by atoms with van der Waals surface area (Å²) in [6.07, 6.45) is 2.14. The molecule has 2 fully saturated rings. The zero-order valence-electron chi connectivity index (χ0n) is 11.9. The van der Waals surface area contributed by atoms with E-state index in [9.17, 15) is 9.59 Å². The van der Waals surface area contributed by atoms with E-state index in [1.807, 2.05) is 40.1 Å². The summed E-state index contributed by atoms with van der Waals surface area (Å²) in [5, 5.41) is -0.309. The number of carbonyl (C=O) groups is 2. The fourth-order valence-electron chi connectivity index (χ4n) is 3.20. The van der Waals surface area contributed by atoms with Crippen LogP contribution in [-0.4, -0.2) is 52.5 Å². The Kier molecular flexibility index (Phi) is 4.19. The third-order valence-electron chi connectivity index (χ3n) is 4.36. The molecule has 3 rings (SSSR count). The highest BCUT2D eigenvalue weighted by molar-refractivity contribution is 7.81. The van der Waals surface area contributed by atoms with Crippen molar-refractivity contribution in [3.05, 3.63) is 35.9 Å². The summed E-state index contributed by atoms with van der Waals surface area (Å²) < 4.78 is 0. The molecule has 2 atom stereocenters. The minimum atomic E-state index is -0.309. The molecule has 2 amide bonds. The van der Waals surface area contributed by atoms with Gasteiger partial charge in [0.05, 0.1) is 5.25 Å². The molecule has 0 spiro atoms. The summed E-state index contributed by atoms with van der Waals surface area (Å²) in [5.74, 6) is 0.319. The molecule has 1 aromatic rings. The fraction of sp³-hybridized carbons (Fsp3) is 0.500. The van der Waals surface area contributed by atoms with E-state index in [1.165, 1.54) is 0 Å². The monoisotopic (exact) mass is 304 g/mol. The predicted molar refractivity (Wildman–Crippen MR) is 84.2 cm³/mol. The van der Waals surface area contributed by atoms with E-state index in [-0.39, 0.29) is 23.1 Å². The number of hydrogen-bond acceptors (Lipinski definition) is 3. The second kappa shape index (κ2) is 6.10. The average molecular weight is 304 g/mol. The normalized spacial score (nSPS) is 23.1. The van der Waals surface area contributed by atoms with Gasteiger partial charge in [0.25, 0.3) is 0 Å². The number of carbonyl (C=O) groups excluding carboxylic acids is 2. The fourth-order valence-corrected chi connectivity index (χ4v) is 3.57. The van der Waals surface area contributed by atoms with Crippen molar-refractivity contribution in [2.24, 2.45) is 0 Å². The van der Waals surface area contributed by atoms with Crippen LogP contribution in [0.15, 0.2) is 30.3 Å². The number of piperazine rings is 1. The Bertz CT molecular complexity index is 534. The molecular weight excluding hydrogens is 284 g/mol. The van der Waals surface area contributed by atoms with Gasteiger partial charge in [-0.05, 0) is 18.4 Å². The Balaban J connectivity index is 1.59. The molecule has 2 aliphatic heterocycles. The largest absolute Gasteiger partial charge is 0.338 e.